The summed E-state index contributed by atoms with van der Waals surface area (Å²) in [5.41, 5.74) is 10.4. The molecule has 6 aromatic carbocycles. The highest BCUT2D eigenvalue weighted by Crippen LogP contribution is 2.43. The summed E-state index contributed by atoms with van der Waals surface area (Å²) < 4.78 is 11.1. The zero-order valence-electron chi connectivity index (χ0n) is 22.0. The quantitative estimate of drug-likeness (QED) is 0.217. The van der Waals surface area contributed by atoms with E-state index < -0.39 is 0 Å². The molecule has 9 aromatic rings. The molecule has 3 heteroatoms. The fourth-order valence-electron chi connectivity index (χ4n) is 6.28. The van der Waals surface area contributed by atoms with Crippen molar-refractivity contribution < 1.29 is 4.42 Å². The molecule has 3 heterocycles. The van der Waals surface area contributed by atoms with Gasteiger partial charge in [-0.05, 0) is 76.9 Å². The molecule has 192 valence electrons. The van der Waals surface area contributed by atoms with Gasteiger partial charge >= 0.3 is 0 Å². The largest absolute Gasteiger partial charge is 0.456 e. The van der Waals surface area contributed by atoms with Crippen molar-refractivity contribution in [3.63, 3.8) is 0 Å². The number of furan rings is 1. The molecular weight excluding hydrogens is 518 g/mol. The average Bonchev–Trinajstić information content (AvgIpc) is 3.70. The third kappa shape index (κ3) is 3.43. The van der Waals surface area contributed by atoms with Crippen molar-refractivity contribution >= 4 is 64.5 Å². The molecule has 0 fully saturated rings. The van der Waals surface area contributed by atoms with Crippen LogP contribution in [0.5, 0.6) is 0 Å². The fraction of sp³-hybridized carbons (Fsp3) is 0. The first-order valence-corrected chi connectivity index (χ1v) is 14.7. The van der Waals surface area contributed by atoms with Crippen LogP contribution in [0.15, 0.2) is 144 Å². The normalized spacial score (nSPS) is 11.9. The second-order valence-electron chi connectivity index (χ2n) is 10.6. The number of aromatic nitrogens is 1. The van der Waals surface area contributed by atoms with Gasteiger partial charge in [-0.2, -0.15) is 0 Å². The molecule has 0 atom stereocenters. The van der Waals surface area contributed by atoms with E-state index in [2.05, 4.69) is 132 Å². The summed E-state index contributed by atoms with van der Waals surface area (Å²) in [4.78, 5) is 0. The van der Waals surface area contributed by atoms with Crippen LogP contribution in [0.1, 0.15) is 0 Å². The Hall–Kier alpha value is -5.12. The van der Waals surface area contributed by atoms with Crippen LogP contribution in [0.2, 0.25) is 0 Å². The molecule has 0 N–H and O–H groups in total. The highest BCUT2D eigenvalue weighted by molar-refractivity contribution is 7.26. The van der Waals surface area contributed by atoms with Crippen LogP contribution in [-0.2, 0) is 0 Å². The van der Waals surface area contributed by atoms with Crippen LogP contribution in [0.25, 0.3) is 81.1 Å². The van der Waals surface area contributed by atoms with Gasteiger partial charge in [-0.3, -0.25) is 0 Å². The number of fused-ring (bicyclic) bond motifs is 8. The Bertz CT molecular complexity index is 2420. The van der Waals surface area contributed by atoms with Crippen LogP contribution >= 0.6 is 11.3 Å². The molecule has 0 amide bonds. The third-order valence-corrected chi connectivity index (χ3v) is 9.39. The maximum Gasteiger partial charge on any atom is 0.135 e. The Morgan fingerprint density at radius 2 is 1.12 bits per heavy atom. The van der Waals surface area contributed by atoms with Crippen LogP contribution in [0, 0.1) is 0 Å². The number of nitrogens with zero attached hydrogens (tertiary/aromatic N) is 1. The summed E-state index contributed by atoms with van der Waals surface area (Å²) >= 11 is 1.88. The lowest BCUT2D eigenvalue weighted by Crippen LogP contribution is -1.92. The lowest BCUT2D eigenvalue weighted by Gasteiger charge is -2.09. The number of thiophene rings is 1. The minimum absolute atomic E-state index is 0.923. The van der Waals surface area contributed by atoms with Crippen molar-refractivity contribution in [3.8, 4) is 27.9 Å². The average molecular weight is 542 g/mol. The van der Waals surface area contributed by atoms with Crippen molar-refractivity contribution in [2.75, 3.05) is 0 Å². The van der Waals surface area contributed by atoms with Crippen LogP contribution < -0.4 is 0 Å². The van der Waals surface area contributed by atoms with Crippen molar-refractivity contribution in [1.29, 1.82) is 0 Å². The topological polar surface area (TPSA) is 18.1 Å². The van der Waals surface area contributed by atoms with Gasteiger partial charge in [-0.25, -0.2) is 0 Å². The zero-order chi connectivity index (χ0) is 26.9. The van der Waals surface area contributed by atoms with E-state index in [4.69, 9.17) is 4.42 Å². The number of rotatable bonds is 3. The Balaban J connectivity index is 1.22. The van der Waals surface area contributed by atoms with E-state index in [9.17, 15) is 0 Å². The first-order chi connectivity index (χ1) is 20.3. The molecule has 0 spiro atoms. The van der Waals surface area contributed by atoms with Crippen LogP contribution in [0.4, 0.5) is 0 Å². The number of hydrogen-bond donors (Lipinski definition) is 0. The van der Waals surface area contributed by atoms with Gasteiger partial charge in [0.2, 0.25) is 0 Å². The lowest BCUT2D eigenvalue weighted by molar-refractivity contribution is 0.669. The van der Waals surface area contributed by atoms with E-state index in [1.807, 2.05) is 23.5 Å². The van der Waals surface area contributed by atoms with Gasteiger partial charge in [0.05, 0.1) is 15.7 Å². The highest BCUT2D eigenvalue weighted by Gasteiger charge is 2.18. The van der Waals surface area contributed by atoms with Crippen molar-refractivity contribution in [3.05, 3.63) is 140 Å². The Labute approximate surface area is 240 Å². The van der Waals surface area contributed by atoms with Gasteiger partial charge in [0, 0.05) is 31.9 Å². The smallest absolute Gasteiger partial charge is 0.135 e. The van der Waals surface area contributed by atoms with Crippen molar-refractivity contribution in [1.82, 2.24) is 4.57 Å². The first-order valence-electron chi connectivity index (χ1n) is 13.9. The van der Waals surface area contributed by atoms with Crippen LogP contribution in [0.3, 0.4) is 0 Å². The van der Waals surface area contributed by atoms with E-state index in [1.165, 1.54) is 59.1 Å². The molecule has 9 rings (SSSR count). The van der Waals surface area contributed by atoms with Crippen LogP contribution in [-0.4, -0.2) is 4.57 Å². The molecule has 0 aliphatic heterocycles. The summed E-state index contributed by atoms with van der Waals surface area (Å²) in [6, 6.07) is 50.0. The predicted molar refractivity (Wildman–Crippen MR) is 174 cm³/mol. The molecule has 3 aromatic heterocycles. The SMILES string of the molecule is c1ccc(-n2c3ccccc3c3sc4ccc(-c5cccc(-c6ccc7oc8ccccc8c7c6)c5)cc4c32)cc1. The molecule has 0 unspecified atom stereocenters. The maximum atomic E-state index is 6.07. The number of benzene rings is 6. The standard InChI is InChI=1S/C38H23NOS/c1-2-11-28(12-3-1)39-33-15-6-4-14-30(33)38-37(39)32-23-27(18-20-36(32)41-38)25-10-8-9-24(21-25)26-17-19-35-31(22-26)29-13-5-7-16-34(29)40-35/h1-23H. The second-order valence-corrected chi connectivity index (χ2v) is 11.6. The third-order valence-electron chi connectivity index (χ3n) is 8.20. The first kappa shape index (κ1) is 22.7. The summed E-state index contributed by atoms with van der Waals surface area (Å²) in [5.74, 6) is 0. The Morgan fingerprint density at radius 1 is 0.463 bits per heavy atom. The van der Waals surface area contributed by atoms with E-state index >= 15 is 0 Å². The minimum atomic E-state index is 0.923. The lowest BCUT2D eigenvalue weighted by atomic mass is 9.97. The highest BCUT2D eigenvalue weighted by atomic mass is 32.1. The monoisotopic (exact) mass is 541 g/mol. The van der Waals surface area contributed by atoms with Crippen molar-refractivity contribution in [2.45, 2.75) is 0 Å². The Kier molecular flexibility index (Phi) is 4.80. The molecule has 2 nitrogen and oxygen atoms in total. The van der Waals surface area contributed by atoms with E-state index in [1.54, 1.807) is 0 Å². The summed E-state index contributed by atoms with van der Waals surface area (Å²) in [6.07, 6.45) is 0. The van der Waals surface area contributed by atoms with Gasteiger partial charge in [-0.1, -0.05) is 84.9 Å². The second kappa shape index (κ2) is 8.69. The molecule has 0 radical (unpaired) electrons. The van der Waals surface area contributed by atoms with E-state index in [-0.39, 0.29) is 0 Å². The molecule has 0 bridgehead atoms. The number of hydrogen-bond acceptors (Lipinski definition) is 2. The van der Waals surface area contributed by atoms with Gasteiger partial charge in [0.1, 0.15) is 11.2 Å². The van der Waals surface area contributed by atoms with E-state index in [0.29, 0.717) is 0 Å². The van der Waals surface area contributed by atoms with Gasteiger partial charge in [0.15, 0.2) is 0 Å². The molecule has 0 aliphatic carbocycles. The summed E-state index contributed by atoms with van der Waals surface area (Å²) in [7, 11) is 0. The fourth-order valence-corrected chi connectivity index (χ4v) is 7.48. The Morgan fingerprint density at radius 3 is 1.98 bits per heavy atom. The molecule has 41 heavy (non-hydrogen) atoms. The van der Waals surface area contributed by atoms with Crippen molar-refractivity contribution in [2.24, 2.45) is 0 Å². The maximum absolute atomic E-state index is 6.07. The molecule has 0 aliphatic rings. The van der Waals surface area contributed by atoms with Gasteiger partial charge in [0.25, 0.3) is 0 Å². The molecular formula is C38H23NOS. The minimum Gasteiger partial charge on any atom is -0.456 e. The van der Waals surface area contributed by atoms with E-state index in [0.717, 1.165) is 21.9 Å². The molecule has 0 saturated heterocycles. The zero-order valence-corrected chi connectivity index (χ0v) is 22.9. The van der Waals surface area contributed by atoms with Gasteiger partial charge < -0.3 is 8.98 Å². The van der Waals surface area contributed by atoms with Gasteiger partial charge in [-0.15, -0.1) is 11.3 Å². The number of para-hydroxylation sites is 3. The summed E-state index contributed by atoms with van der Waals surface area (Å²) in [6.45, 7) is 0. The summed E-state index contributed by atoms with van der Waals surface area (Å²) in [5, 5.41) is 4.90. The molecule has 0 saturated carbocycles. The predicted octanol–water partition coefficient (Wildman–Crippen LogP) is 11.2.